The van der Waals surface area contributed by atoms with Crippen LogP contribution in [0, 0.1) is 11.8 Å². The monoisotopic (exact) mass is 272 g/mol. The molecule has 0 bridgehead atoms. The van der Waals surface area contributed by atoms with Crippen LogP contribution in [-0.2, 0) is 0 Å². The van der Waals surface area contributed by atoms with E-state index in [9.17, 15) is 0 Å². The van der Waals surface area contributed by atoms with E-state index in [2.05, 4.69) is 48.8 Å². The average Bonchev–Trinajstić information content (AvgIpc) is 2.56. The van der Waals surface area contributed by atoms with E-state index in [1.165, 1.54) is 5.56 Å². The van der Waals surface area contributed by atoms with Crippen LogP contribution in [0.3, 0.4) is 0 Å². The molecule has 0 heteroatoms. The Hall–Kier alpha value is -2.52. The summed E-state index contributed by atoms with van der Waals surface area (Å²) in [5, 5.41) is 0. The predicted molar refractivity (Wildman–Crippen MR) is 91.8 cm³/mol. The third-order valence-electron chi connectivity index (χ3n) is 3.16. The molecule has 0 spiro atoms. The molecule has 0 N–H and O–H groups in total. The molecule has 21 heavy (non-hydrogen) atoms. The SMILES string of the molecule is C=CCCC/C=C(\C#Cc1ccccc1)c1ccccc1. The maximum absolute atomic E-state index is 3.76. The summed E-state index contributed by atoms with van der Waals surface area (Å²) < 4.78 is 0. The number of hydrogen-bond acceptors (Lipinski definition) is 0. The summed E-state index contributed by atoms with van der Waals surface area (Å²) in [6.07, 6.45) is 7.39. The molecular formula is C21H20. The van der Waals surface area contributed by atoms with E-state index in [1.54, 1.807) is 0 Å². The van der Waals surface area contributed by atoms with Gasteiger partial charge in [-0.25, -0.2) is 0 Å². The highest BCUT2D eigenvalue weighted by Crippen LogP contribution is 2.15. The van der Waals surface area contributed by atoms with Crippen LogP contribution in [0.4, 0.5) is 0 Å². The number of benzene rings is 2. The molecule has 0 aliphatic heterocycles. The Morgan fingerprint density at radius 3 is 2.24 bits per heavy atom. The second kappa shape index (κ2) is 8.61. The van der Waals surface area contributed by atoms with Gasteiger partial charge >= 0.3 is 0 Å². The molecule has 2 aromatic carbocycles. The summed E-state index contributed by atoms with van der Waals surface area (Å²) in [5.41, 5.74) is 3.33. The lowest BCUT2D eigenvalue weighted by Crippen LogP contribution is -1.82. The van der Waals surface area contributed by atoms with Gasteiger partial charge in [0.15, 0.2) is 0 Å². The quantitative estimate of drug-likeness (QED) is 0.384. The van der Waals surface area contributed by atoms with E-state index in [0.29, 0.717) is 0 Å². The Morgan fingerprint density at radius 2 is 1.57 bits per heavy atom. The van der Waals surface area contributed by atoms with Gasteiger partial charge in [0.25, 0.3) is 0 Å². The molecule has 0 saturated carbocycles. The third kappa shape index (κ3) is 5.16. The second-order valence-electron chi connectivity index (χ2n) is 4.82. The Kier molecular flexibility index (Phi) is 6.10. The van der Waals surface area contributed by atoms with Crippen LogP contribution in [-0.4, -0.2) is 0 Å². The van der Waals surface area contributed by atoms with Gasteiger partial charge in [-0.1, -0.05) is 72.5 Å². The molecule has 0 atom stereocenters. The van der Waals surface area contributed by atoms with Gasteiger partial charge in [0.05, 0.1) is 0 Å². The lowest BCUT2D eigenvalue weighted by atomic mass is 10.0. The fourth-order valence-corrected chi connectivity index (χ4v) is 2.03. The molecule has 0 aromatic heterocycles. The number of unbranched alkanes of at least 4 members (excludes halogenated alkanes) is 2. The zero-order chi connectivity index (χ0) is 14.8. The van der Waals surface area contributed by atoms with E-state index >= 15 is 0 Å². The standard InChI is InChI=1S/C21H20/c1-2-3-4-9-16-21(20-14-10-6-11-15-20)18-17-19-12-7-5-8-13-19/h2,5-8,10-16H,1,3-4,9H2/b21-16+. The van der Waals surface area contributed by atoms with E-state index in [4.69, 9.17) is 0 Å². The minimum atomic E-state index is 1.03. The summed E-state index contributed by atoms with van der Waals surface area (Å²) in [4.78, 5) is 0. The number of rotatable bonds is 5. The van der Waals surface area contributed by atoms with Gasteiger partial charge < -0.3 is 0 Å². The first kappa shape index (κ1) is 14.9. The highest BCUT2D eigenvalue weighted by Gasteiger charge is 1.96. The largest absolute Gasteiger partial charge is 0.103 e. The molecule has 0 aliphatic carbocycles. The minimum Gasteiger partial charge on any atom is -0.103 e. The summed E-state index contributed by atoms with van der Waals surface area (Å²) in [6.45, 7) is 3.76. The Labute approximate surface area is 127 Å². The Morgan fingerprint density at radius 1 is 0.905 bits per heavy atom. The van der Waals surface area contributed by atoms with Gasteiger partial charge in [0.2, 0.25) is 0 Å². The first-order valence-electron chi connectivity index (χ1n) is 7.33. The first-order chi connectivity index (χ1) is 10.4. The van der Waals surface area contributed by atoms with E-state index in [1.807, 2.05) is 42.5 Å². The lowest BCUT2D eigenvalue weighted by molar-refractivity contribution is 0.871. The zero-order valence-electron chi connectivity index (χ0n) is 12.3. The highest BCUT2D eigenvalue weighted by molar-refractivity contribution is 5.79. The van der Waals surface area contributed by atoms with Gasteiger partial charge in [-0.2, -0.15) is 0 Å². The molecule has 0 radical (unpaired) electrons. The molecule has 0 fully saturated rings. The van der Waals surface area contributed by atoms with Crippen molar-refractivity contribution < 1.29 is 0 Å². The third-order valence-corrected chi connectivity index (χ3v) is 3.16. The molecule has 0 saturated heterocycles. The van der Waals surface area contributed by atoms with Crippen LogP contribution < -0.4 is 0 Å². The van der Waals surface area contributed by atoms with Gasteiger partial charge in [-0.15, -0.1) is 6.58 Å². The van der Waals surface area contributed by atoms with Crippen molar-refractivity contribution in [2.45, 2.75) is 19.3 Å². The van der Waals surface area contributed by atoms with Crippen molar-refractivity contribution in [2.24, 2.45) is 0 Å². The van der Waals surface area contributed by atoms with Crippen LogP contribution in [0.15, 0.2) is 79.4 Å². The van der Waals surface area contributed by atoms with E-state index in [0.717, 1.165) is 30.4 Å². The highest BCUT2D eigenvalue weighted by atomic mass is 14.0. The predicted octanol–water partition coefficient (Wildman–Crippen LogP) is 5.48. The Bertz CT molecular complexity index is 637. The molecule has 2 rings (SSSR count). The number of allylic oxidation sites excluding steroid dienone is 3. The molecule has 0 nitrogen and oxygen atoms in total. The van der Waals surface area contributed by atoms with Crippen LogP contribution in [0.5, 0.6) is 0 Å². The molecule has 0 unspecified atom stereocenters. The topological polar surface area (TPSA) is 0 Å². The molecule has 104 valence electrons. The maximum Gasteiger partial charge on any atom is 0.0281 e. The van der Waals surface area contributed by atoms with Crippen molar-refractivity contribution in [2.75, 3.05) is 0 Å². The van der Waals surface area contributed by atoms with Gasteiger partial charge in [-0.3, -0.25) is 0 Å². The molecule has 2 aromatic rings. The van der Waals surface area contributed by atoms with Gasteiger partial charge in [0.1, 0.15) is 0 Å². The maximum atomic E-state index is 3.76. The zero-order valence-corrected chi connectivity index (χ0v) is 12.3. The van der Waals surface area contributed by atoms with Crippen molar-refractivity contribution in [1.82, 2.24) is 0 Å². The van der Waals surface area contributed by atoms with Gasteiger partial charge in [0, 0.05) is 11.1 Å². The molecule has 0 amide bonds. The van der Waals surface area contributed by atoms with Crippen LogP contribution in [0.1, 0.15) is 30.4 Å². The van der Waals surface area contributed by atoms with Crippen molar-refractivity contribution in [1.29, 1.82) is 0 Å². The smallest absolute Gasteiger partial charge is 0.0281 e. The van der Waals surface area contributed by atoms with Crippen LogP contribution in [0.25, 0.3) is 5.57 Å². The fraction of sp³-hybridized carbons (Fsp3) is 0.143. The summed E-state index contributed by atoms with van der Waals surface area (Å²) in [7, 11) is 0. The summed E-state index contributed by atoms with van der Waals surface area (Å²) in [5.74, 6) is 6.56. The van der Waals surface area contributed by atoms with E-state index < -0.39 is 0 Å². The molecular weight excluding hydrogens is 252 g/mol. The van der Waals surface area contributed by atoms with Gasteiger partial charge in [-0.05, 0) is 37.0 Å². The summed E-state index contributed by atoms with van der Waals surface area (Å²) >= 11 is 0. The van der Waals surface area contributed by atoms with Crippen molar-refractivity contribution >= 4 is 5.57 Å². The molecule has 0 heterocycles. The fourth-order valence-electron chi connectivity index (χ4n) is 2.03. The van der Waals surface area contributed by atoms with Crippen LogP contribution >= 0.6 is 0 Å². The summed E-state index contributed by atoms with van der Waals surface area (Å²) in [6, 6.07) is 20.5. The average molecular weight is 272 g/mol. The first-order valence-corrected chi connectivity index (χ1v) is 7.33. The Balaban J connectivity index is 2.20. The lowest BCUT2D eigenvalue weighted by Gasteiger charge is -2.00. The molecule has 0 aliphatic rings. The normalized spacial score (nSPS) is 10.6. The number of hydrogen-bond donors (Lipinski definition) is 0. The van der Waals surface area contributed by atoms with Crippen molar-refractivity contribution in [3.63, 3.8) is 0 Å². The minimum absolute atomic E-state index is 1.03. The van der Waals surface area contributed by atoms with E-state index in [-0.39, 0.29) is 0 Å². The second-order valence-corrected chi connectivity index (χ2v) is 4.82. The van der Waals surface area contributed by atoms with Crippen LogP contribution in [0.2, 0.25) is 0 Å². The van der Waals surface area contributed by atoms with Crippen molar-refractivity contribution in [3.8, 4) is 11.8 Å². The van der Waals surface area contributed by atoms with Crippen molar-refractivity contribution in [3.05, 3.63) is 90.5 Å².